The van der Waals surface area contributed by atoms with E-state index in [0.29, 0.717) is 13.0 Å². The van der Waals surface area contributed by atoms with Crippen molar-refractivity contribution >= 4 is 5.82 Å². The van der Waals surface area contributed by atoms with E-state index < -0.39 is 5.60 Å². The van der Waals surface area contributed by atoms with Crippen molar-refractivity contribution < 1.29 is 5.11 Å². The molecule has 19 heavy (non-hydrogen) atoms. The SMILES string of the molecule is Cc1cc(NCCC(C)(O)c2ccccc2)ncn1. The van der Waals surface area contributed by atoms with Gasteiger partial charge in [0.05, 0.1) is 5.60 Å². The molecular formula is C15H19N3O. The molecule has 0 spiro atoms. The molecule has 4 nitrogen and oxygen atoms in total. The molecule has 0 aliphatic rings. The number of hydrogen-bond acceptors (Lipinski definition) is 4. The zero-order chi connectivity index (χ0) is 13.7. The topological polar surface area (TPSA) is 58.0 Å². The smallest absolute Gasteiger partial charge is 0.129 e. The number of aliphatic hydroxyl groups is 1. The minimum absolute atomic E-state index is 0.611. The van der Waals surface area contributed by atoms with Gasteiger partial charge in [0.1, 0.15) is 12.1 Å². The van der Waals surface area contributed by atoms with E-state index in [2.05, 4.69) is 15.3 Å². The molecule has 1 heterocycles. The van der Waals surface area contributed by atoms with Gasteiger partial charge in [-0.05, 0) is 25.8 Å². The van der Waals surface area contributed by atoms with Crippen LogP contribution in [0.5, 0.6) is 0 Å². The van der Waals surface area contributed by atoms with Crippen molar-refractivity contribution in [3.8, 4) is 0 Å². The van der Waals surface area contributed by atoms with Crippen molar-refractivity contribution in [2.45, 2.75) is 25.9 Å². The number of nitrogens with zero attached hydrogens (tertiary/aromatic N) is 2. The van der Waals surface area contributed by atoms with Crippen LogP contribution in [-0.2, 0) is 5.60 Å². The van der Waals surface area contributed by atoms with Crippen LogP contribution in [0.4, 0.5) is 5.82 Å². The van der Waals surface area contributed by atoms with Gasteiger partial charge in [0.2, 0.25) is 0 Å². The summed E-state index contributed by atoms with van der Waals surface area (Å²) >= 11 is 0. The molecule has 1 atom stereocenters. The molecule has 2 rings (SSSR count). The molecule has 100 valence electrons. The first-order valence-electron chi connectivity index (χ1n) is 6.38. The summed E-state index contributed by atoms with van der Waals surface area (Å²) in [5.41, 5.74) is 1.01. The normalized spacial score (nSPS) is 13.8. The minimum Gasteiger partial charge on any atom is -0.385 e. The Morgan fingerprint density at radius 2 is 1.95 bits per heavy atom. The first kappa shape index (κ1) is 13.5. The number of rotatable bonds is 5. The van der Waals surface area contributed by atoms with E-state index in [-0.39, 0.29) is 0 Å². The quantitative estimate of drug-likeness (QED) is 0.864. The molecule has 0 saturated heterocycles. The highest BCUT2D eigenvalue weighted by Crippen LogP contribution is 2.23. The molecule has 0 amide bonds. The Balaban J connectivity index is 1.92. The van der Waals surface area contributed by atoms with Crippen LogP contribution >= 0.6 is 0 Å². The third kappa shape index (κ3) is 3.76. The van der Waals surface area contributed by atoms with E-state index in [1.54, 1.807) is 0 Å². The van der Waals surface area contributed by atoms with Gasteiger partial charge >= 0.3 is 0 Å². The van der Waals surface area contributed by atoms with E-state index in [0.717, 1.165) is 17.1 Å². The second-order valence-electron chi connectivity index (χ2n) is 4.86. The van der Waals surface area contributed by atoms with Crippen LogP contribution in [0, 0.1) is 6.92 Å². The Kier molecular flexibility index (Phi) is 4.12. The standard InChI is InChI=1S/C15H19N3O/c1-12-10-14(18-11-17-12)16-9-8-15(2,19)13-6-4-3-5-7-13/h3-7,10-11,19H,8-9H2,1-2H3,(H,16,17,18). The van der Waals surface area contributed by atoms with Crippen LogP contribution in [0.3, 0.4) is 0 Å². The van der Waals surface area contributed by atoms with E-state index in [1.165, 1.54) is 6.33 Å². The second kappa shape index (κ2) is 5.80. The molecule has 0 saturated carbocycles. The highest BCUT2D eigenvalue weighted by Gasteiger charge is 2.21. The maximum Gasteiger partial charge on any atom is 0.129 e. The number of anilines is 1. The monoisotopic (exact) mass is 257 g/mol. The molecule has 0 radical (unpaired) electrons. The van der Waals surface area contributed by atoms with E-state index in [4.69, 9.17) is 0 Å². The summed E-state index contributed by atoms with van der Waals surface area (Å²) in [6.07, 6.45) is 2.15. The van der Waals surface area contributed by atoms with Crippen molar-refractivity contribution in [3.63, 3.8) is 0 Å². The van der Waals surface area contributed by atoms with Crippen LogP contribution in [0.1, 0.15) is 24.6 Å². The number of nitrogens with one attached hydrogen (secondary N) is 1. The summed E-state index contributed by atoms with van der Waals surface area (Å²) in [6.45, 7) is 4.40. The molecule has 0 aliphatic heterocycles. The molecule has 0 aliphatic carbocycles. The molecule has 2 N–H and O–H groups in total. The highest BCUT2D eigenvalue weighted by molar-refractivity contribution is 5.34. The molecular weight excluding hydrogens is 238 g/mol. The van der Waals surface area contributed by atoms with Gasteiger partial charge in [0.25, 0.3) is 0 Å². The Morgan fingerprint density at radius 1 is 1.21 bits per heavy atom. The number of benzene rings is 1. The lowest BCUT2D eigenvalue weighted by Gasteiger charge is -2.24. The Morgan fingerprint density at radius 3 is 2.63 bits per heavy atom. The summed E-state index contributed by atoms with van der Waals surface area (Å²) in [5, 5.41) is 13.6. The fourth-order valence-electron chi connectivity index (χ4n) is 1.93. The van der Waals surface area contributed by atoms with Gasteiger partial charge in [-0.1, -0.05) is 30.3 Å². The summed E-state index contributed by atoms with van der Waals surface area (Å²) < 4.78 is 0. The van der Waals surface area contributed by atoms with Crippen molar-refractivity contribution in [1.82, 2.24) is 9.97 Å². The van der Waals surface area contributed by atoms with Crippen LogP contribution in [-0.4, -0.2) is 21.6 Å². The Bertz CT molecular complexity index is 526. The average Bonchev–Trinajstić information content (AvgIpc) is 2.40. The zero-order valence-electron chi connectivity index (χ0n) is 11.3. The van der Waals surface area contributed by atoms with Crippen molar-refractivity contribution in [2.24, 2.45) is 0 Å². The van der Waals surface area contributed by atoms with Crippen molar-refractivity contribution in [3.05, 3.63) is 54.0 Å². The number of aromatic nitrogens is 2. The third-order valence-corrected chi connectivity index (χ3v) is 3.12. The second-order valence-corrected chi connectivity index (χ2v) is 4.86. The zero-order valence-corrected chi connectivity index (χ0v) is 11.3. The lowest BCUT2D eigenvalue weighted by molar-refractivity contribution is 0.0515. The minimum atomic E-state index is -0.837. The van der Waals surface area contributed by atoms with Crippen molar-refractivity contribution in [1.29, 1.82) is 0 Å². The Hall–Kier alpha value is -1.94. The largest absolute Gasteiger partial charge is 0.385 e. The predicted octanol–water partition coefficient (Wildman–Crippen LogP) is 2.49. The number of aryl methyl sites for hydroxylation is 1. The molecule has 0 fully saturated rings. The molecule has 2 aromatic rings. The first-order valence-corrected chi connectivity index (χ1v) is 6.38. The lowest BCUT2D eigenvalue weighted by atomic mass is 9.93. The first-order chi connectivity index (χ1) is 9.08. The summed E-state index contributed by atoms with van der Waals surface area (Å²) in [5.74, 6) is 0.788. The fraction of sp³-hybridized carbons (Fsp3) is 0.333. The Labute approximate surface area is 113 Å². The molecule has 1 unspecified atom stereocenters. The molecule has 1 aromatic carbocycles. The van der Waals surface area contributed by atoms with E-state index in [9.17, 15) is 5.11 Å². The molecule has 0 bridgehead atoms. The van der Waals surface area contributed by atoms with Gasteiger partial charge in [-0.3, -0.25) is 0 Å². The van der Waals surface area contributed by atoms with Crippen LogP contribution in [0.15, 0.2) is 42.7 Å². The lowest BCUT2D eigenvalue weighted by Crippen LogP contribution is -2.24. The maximum atomic E-state index is 10.4. The molecule has 4 heteroatoms. The summed E-state index contributed by atoms with van der Waals surface area (Å²) in [6, 6.07) is 11.6. The fourth-order valence-corrected chi connectivity index (χ4v) is 1.93. The van der Waals surface area contributed by atoms with Gasteiger partial charge < -0.3 is 10.4 Å². The van der Waals surface area contributed by atoms with E-state index in [1.807, 2.05) is 50.2 Å². The van der Waals surface area contributed by atoms with Gasteiger partial charge in [0.15, 0.2) is 0 Å². The maximum absolute atomic E-state index is 10.4. The highest BCUT2D eigenvalue weighted by atomic mass is 16.3. The van der Waals surface area contributed by atoms with Crippen LogP contribution in [0.25, 0.3) is 0 Å². The van der Waals surface area contributed by atoms with Crippen molar-refractivity contribution in [2.75, 3.05) is 11.9 Å². The van der Waals surface area contributed by atoms with Crippen LogP contribution in [0.2, 0.25) is 0 Å². The molecule has 1 aromatic heterocycles. The average molecular weight is 257 g/mol. The van der Waals surface area contributed by atoms with Crippen LogP contribution < -0.4 is 5.32 Å². The third-order valence-electron chi connectivity index (χ3n) is 3.12. The van der Waals surface area contributed by atoms with Gasteiger partial charge in [-0.2, -0.15) is 0 Å². The predicted molar refractivity (Wildman–Crippen MR) is 75.9 cm³/mol. The summed E-state index contributed by atoms with van der Waals surface area (Å²) in [4.78, 5) is 8.17. The number of hydrogen-bond donors (Lipinski definition) is 2. The van der Waals surface area contributed by atoms with E-state index >= 15 is 0 Å². The van der Waals surface area contributed by atoms with Gasteiger partial charge in [-0.25, -0.2) is 9.97 Å². The van der Waals surface area contributed by atoms with Gasteiger partial charge in [-0.15, -0.1) is 0 Å². The van der Waals surface area contributed by atoms with Gasteiger partial charge in [0, 0.05) is 18.3 Å². The summed E-state index contributed by atoms with van der Waals surface area (Å²) in [7, 11) is 0.